The molecule has 0 spiro atoms. The first-order valence-corrected chi connectivity index (χ1v) is 8.18. The van der Waals surface area contributed by atoms with E-state index in [1.165, 1.54) is 19.1 Å². The fourth-order valence-corrected chi connectivity index (χ4v) is 3.11. The van der Waals surface area contributed by atoms with Crippen molar-refractivity contribution in [1.82, 2.24) is 5.16 Å². The molecule has 0 saturated heterocycles. The van der Waals surface area contributed by atoms with Crippen molar-refractivity contribution in [2.24, 2.45) is 0 Å². The Hall–Kier alpha value is -1.73. The molecule has 1 aromatic carbocycles. The number of carbonyl (C=O) groups excluding carboxylic acids is 1. The Balaban J connectivity index is 2.00. The number of halogens is 2. The standard InChI is InChI=1S/C14H14ClFN2O3S/c1-8-5-13(18-21-8)17-14(19)9(2)22(20)7-10-3-4-11(16)6-12(10)15/h3-6,9H,7H2,1-2H3,(H,17,18,19)/t9-,22+/m0/s1. The summed E-state index contributed by atoms with van der Waals surface area (Å²) in [4.78, 5) is 12.0. The van der Waals surface area contributed by atoms with E-state index in [-0.39, 0.29) is 16.6 Å². The molecule has 1 amide bonds. The number of aromatic nitrogens is 1. The summed E-state index contributed by atoms with van der Waals surface area (Å²) in [7, 11) is -1.51. The van der Waals surface area contributed by atoms with E-state index in [0.717, 1.165) is 6.07 Å². The minimum absolute atomic E-state index is 0.0611. The Kier molecular flexibility index (Phi) is 5.31. The second-order valence-electron chi connectivity index (χ2n) is 4.72. The molecule has 0 aliphatic heterocycles. The van der Waals surface area contributed by atoms with Crippen LogP contribution in [0.3, 0.4) is 0 Å². The number of hydrogen-bond acceptors (Lipinski definition) is 4. The number of benzene rings is 1. The normalized spacial score (nSPS) is 13.6. The zero-order valence-electron chi connectivity index (χ0n) is 11.9. The predicted octanol–water partition coefficient (Wildman–Crippen LogP) is 3.05. The lowest BCUT2D eigenvalue weighted by atomic mass is 10.2. The molecule has 0 aliphatic rings. The third-order valence-corrected chi connectivity index (χ3v) is 4.91. The third-order valence-electron chi connectivity index (χ3n) is 2.96. The van der Waals surface area contributed by atoms with Crippen molar-refractivity contribution in [2.75, 3.05) is 5.32 Å². The van der Waals surface area contributed by atoms with E-state index in [2.05, 4.69) is 10.5 Å². The van der Waals surface area contributed by atoms with E-state index in [1.54, 1.807) is 13.0 Å². The van der Waals surface area contributed by atoms with Gasteiger partial charge in [0.05, 0.1) is 5.75 Å². The van der Waals surface area contributed by atoms with Crippen LogP contribution < -0.4 is 5.32 Å². The first kappa shape index (κ1) is 16.6. The molecule has 22 heavy (non-hydrogen) atoms. The molecular formula is C14H14ClFN2O3S. The summed E-state index contributed by atoms with van der Waals surface area (Å²) in [6.45, 7) is 3.23. The molecular weight excluding hydrogens is 331 g/mol. The van der Waals surface area contributed by atoms with Crippen LogP contribution in [-0.4, -0.2) is 20.5 Å². The smallest absolute Gasteiger partial charge is 0.241 e. The molecule has 1 aromatic heterocycles. The summed E-state index contributed by atoms with van der Waals surface area (Å²) in [5.41, 5.74) is 0.526. The van der Waals surface area contributed by atoms with E-state index in [0.29, 0.717) is 11.3 Å². The Morgan fingerprint density at radius 3 is 2.82 bits per heavy atom. The second kappa shape index (κ2) is 7.02. The van der Waals surface area contributed by atoms with Crippen LogP contribution in [0.2, 0.25) is 5.02 Å². The van der Waals surface area contributed by atoms with Gasteiger partial charge >= 0.3 is 0 Å². The Morgan fingerprint density at radius 1 is 1.50 bits per heavy atom. The molecule has 0 aliphatic carbocycles. The Bertz CT molecular complexity index is 720. The van der Waals surface area contributed by atoms with Crippen LogP contribution in [-0.2, 0) is 21.3 Å². The van der Waals surface area contributed by atoms with Crippen molar-refractivity contribution in [3.63, 3.8) is 0 Å². The van der Waals surface area contributed by atoms with Crippen LogP contribution >= 0.6 is 11.6 Å². The largest absolute Gasteiger partial charge is 0.360 e. The number of rotatable bonds is 5. The lowest BCUT2D eigenvalue weighted by molar-refractivity contribution is -0.115. The number of aryl methyl sites for hydroxylation is 1. The fourth-order valence-electron chi connectivity index (χ4n) is 1.69. The van der Waals surface area contributed by atoms with E-state index < -0.39 is 27.8 Å². The maximum Gasteiger partial charge on any atom is 0.241 e. The topological polar surface area (TPSA) is 72.2 Å². The van der Waals surface area contributed by atoms with Crippen LogP contribution in [0, 0.1) is 12.7 Å². The van der Waals surface area contributed by atoms with Gasteiger partial charge in [0.2, 0.25) is 5.91 Å². The van der Waals surface area contributed by atoms with Crippen LogP contribution in [0.1, 0.15) is 18.2 Å². The minimum atomic E-state index is -1.51. The molecule has 1 N–H and O–H groups in total. The maximum absolute atomic E-state index is 13.0. The van der Waals surface area contributed by atoms with Crippen LogP contribution in [0.5, 0.6) is 0 Å². The number of carbonyl (C=O) groups is 1. The van der Waals surface area contributed by atoms with Gasteiger partial charge in [0.1, 0.15) is 16.8 Å². The number of hydrogen-bond donors (Lipinski definition) is 1. The van der Waals surface area contributed by atoms with Gasteiger partial charge in [0, 0.05) is 21.9 Å². The van der Waals surface area contributed by atoms with E-state index >= 15 is 0 Å². The predicted molar refractivity (Wildman–Crippen MR) is 82.6 cm³/mol. The molecule has 8 heteroatoms. The van der Waals surface area contributed by atoms with Crippen LogP contribution in [0.4, 0.5) is 10.2 Å². The van der Waals surface area contributed by atoms with Gasteiger partial charge in [-0.3, -0.25) is 9.00 Å². The summed E-state index contributed by atoms with van der Waals surface area (Å²) < 4.78 is 30.1. The average molecular weight is 345 g/mol. The van der Waals surface area contributed by atoms with Gasteiger partial charge in [-0.05, 0) is 31.5 Å². The second-order valence-corrected chi connectivity index (χ2v) is 6.88. The molecule has 0 unspecified atom stereocenters. The third kappa shape index (κ3) is 4.14. The highest BCUT2D eigenvalue weighted by molar-refractivity contribution is 7.85. The minimum Gasteiger partial charge on any atom is -0.360 e. The van der Waals surface area contributed by atoms with Gasteiger partial charge in [-0.25, -0.2) is 4.39 Å². The van der Waals surface area contributed by atoms with Crippen molar-refractivity contribution < 1.29 is 17.9 Å². The van der Waals surface area contributed by atoms with E-state index in [4.69, 9.17) is 16.1 Å². The fraction of sp³-hybridized carbons (Fsp3) is 0.286. The molecule has 0 radical (unpaired) electrons. The van der Waals surface area contributed by atoms with Gasteiger partial charge in [0.25, 0.3) is 0 Å². The molecule has 0 saturated carbocycles. The van der Waals surface area contributed by atoms with Gasteiger partial charge in [-0.2, -0.15) is 0 Å². The van der Waals surface area contributed by atoms with Crippen molar-refractivity contribution in [1.29, 1.82) is 0 Å². The quantitative estimate of drug-likeness (QED) is 0.904. The van der Waals surface area contributed by atoms with E-state index in [9.17, 15) is 13.4 Å². The molecule has 118 valence electrons. The van der Waals surface area contributed by atoms with Gasteiger partial charge in [0.15, 0.2) is 5.82 Å². The molecule has 0 bridgehead atoms. The van der Waals surface area contributed by atoms with Gasteiger partial charge < -0.3 is 9.84 Å². The lowest BCUT2D eigenvalue weighted by Crippen LogP contribution is -2.29. The van der Waals surface area contributed by atoms with Crippen molar-refractivity contribution in [3.8, 4) is 0 Å². The summed E-state index contributed by atoms with van der Waals surface area (Å²) in [5, 5.41) is 5.57. The first-order valence-electron chi connectivity index (χ1n) is 6.42. The number of anilines is 1. The Labute approximate surface area is 134 Å². The number of nitrogens with one attached hydrogen (secondary N) is 1. The van der Waals surface area contributed by atoms with Gasteiger partial charge in [-0.1, -0.05) is 22.8 Å². The van der Waals surface area contributed by atoms with Crippen LogP contribution in [0.25, 0.3) is 0 Å². The van der Waals surface area contributed by atoms with Crippen molar-refractivity contribution >= 4 is 34.1 Å². The average Bonchev–Trinajstić information content (AvgIpc) is 2.86. The molecule has 2 atom stereocenters. The number of amides is 1. The van der Waals surface area contributed by atoms with E-state index in [1.807, 2.05) is 0 Å². The van der Waals surface area contributed by atoms with Crippen molar-refractivity contribution in [2.45, 2.75) is 24.9 Å². The molecule has 0 fully saturated rings. The molecule has 5 nitrogen and oxygen atoms in total. The SMILES string of the molecule is Cc1cc(NC(=O)[C@H](C)[S@](=O)Cc2ccc(F)cc2Cl)no1. The Morgan fingerprint density at radius 2 is 2.23 bits per heavy atom. The monoisotopic (exact) mass is 344 g/mol. The summed E-state index contributed by atoms with van der Waals surface area (Å²) >= 11 is 5.89. The van der Waals surface area contributed by atoms with Crippen LogP contribution in [0.15, 0.2) is 28.8 Å². The summed E-state index contributed by atoms with van der Waals surface area (Å²) in [6, 6.07) is 5.41. The lowest BCUT2D eigenvalue weighted by Gasteiger charge is -2.11. The molecule has 2 aromatic rings. The summed E-state index contributed by atoms with van der Waals surface area (Å²) in [6.07, 6.45) is 0. The molecule has 1 heterocycles. The highest BCUT2D eigenvalue weighted by Gasteiger charge is 2.22. The maximum atomic E-state index is 13.0. The van der Waals surface area contributed by atoms with Gasteiger partial charge in [-0.15, -0.1) is 0 Å². The molecule has 2 rings (SSSR count). The first-order chi connectivity index (χ1) is 10.4. The van der Waals surface area contributed by atoms with Crippen molar-refractivity contribution in [3.05, 3.63) is 46.4 Å². The number of nitrogens with zero attached hydrogens (tertiary/aromatic N) is 1. The highest BCUT2D eigenvalue weighted by Crippen LogP contribution is 2.20. The highest BCUT2D eigenvalue weighted by atomic mass is 35.5. The zero-order valence-corrected chi connectivity index (χ0v) is 13.5. The summed E-state index contributed by atoms with van der Waals surface area (Å²) in [5.74, 6) is -0.0177. The zero-order chi connectivity index (χ0) is 16.3.